The van der Waals surface area contributed by atoms with Crippen molar-refractivity contribution in [1.29, 1.82) is 0 Å². The molecule has 0 spiro atoms. The lowest BCUT2D eigenvalue weighted by atomic mass is 9.96. The number of hydrogen-bond donors (Lipinski definition) is 1. The van der Waals surface area contributed by atoms with Crippen LogP contribution in [0.25, 0.3) is 0 Å². The van der Waals surface area contributed by atoms with Gasteiger partial charge in [-0.2, -0.15) is 0 Å². The lowest BCUT2D eigenvalue weighted by molar-refractivity contribution is 0.186. The third-order valence-corrected chi connectivity index (χ3v) is 3.51. The SMILES string of the molecule is C1CCCC(NC2CCOC2)CCC1. The highest BCUT2D eigenvalue weighted by atomic mass is 16.5. The fourth-order valence-corrected chi connectivity index (χ4v) is 2.62. The van der Waals surface area contributed by atoms with E-state index in [0.717, 1.165) is 19.3 Å². The van der Waals surface area contributed by atoms with Crippen molar-refractivity contribution in [3.8, 4) is 0 Å². The fourth-order valence-electron chi connectivity index (χ4n) is 2.62. The Labute approximate surface area is 87.4 Å². The summed E-state index contributed by atoms with van der Waals surface area (Å²) in [5.74, 6) is 0. The van der Waals surface area contributed by atoms with Crippen molar-refractivity contribution in [3.63, 3.8) is 0 Å². The van der Waals surface area contributed by atoms with Gasteiger partial charge in [0.05, 0.1) is 6.61 Å². The van der Waals surface area contributed by atoms with E-state index in [1.165, 1.54) is 51.4 Å². The standard InChI is InChI=1S/C12H23NO/c1-2-4-6-11(7-5-3-1)13-12-8-9-14-10-12/h11-13H,1-10H2. The second kappa shape index (κ2) is 5.72. The Morgan fingerprint density at radius 2 is 1.50 bits per heavy atom. The highest BCUT2D eigenvalue weighted by molar-refractivity contribution is 4.78. The molecule has 2 aliphatic rings. The highest BCUT2D eigenvalue weighted by Crippen LogP contribution is 2.18. The van der Waals surface area contributed by atoms with Crippen molar-refractivity contribution >= 4 is 0 Å². The van der Waals surface area contributed by atoms with E-state index in [2.05, 4.69) is 5.32 Å². The van der Waals surface area contributed by atoms with Gasteiger partial charge in [-0.1, -0.05) is 32.1 Å². The van der Waals surface area contributed by atoms with E-state index in [-0.39, 0.29) is 0 Å². The molecule has 14 heavy (non-hydrogen) atoms. The van der Waals surface area contributed by atoms with Crippen molar-refractivity contribution in [1.82, 2.24) is 5.32 Å². The summed E-state index contributed by atoms with van der Waals surface area (Å²) in [5.41, 5.74) is 0. The minimum absolute atomic E-state index is 0.652. The monoisotopic (exact) mass is 197 g/mol. The second-order valence-corrected chi connectivity index (χ2v) is 4.77. The minimum atomic E-state index is 0.652. The molecule has 0 radical (unpaired) electrons. The molecular formula is C12H23NO. The van der Waals surface area contributed by atoms with Gasteiger partial charge in [0.25, 0.3) is 0 Å². The first-order valence-electron chi connectivity index (χ1n) is 6.29. The summed E-state index contributed by atoms with van der Waals surface area (Å²) >= 11 is 0. The van der Waals surface area contributed by atoms with Crippen molar-refractivity contribution in [2.24, 2.45) is 0 Å². The van der Waals surface area contributed by atoms with Gasteiger partial charge in [0.1, 0.15) is 0 Å². The lowest BCUT2D eigenvalue weighted by Crippen LogP contribution is -2.38. The van der Waals surface area contributed by atoms with Gasteiger partial charge in [0.15, 0.2) is 0 Å². The van der Waals surface area contributed by atoms with Gasteiger partial charge in [0.2, 0.25) is 0 Å². The van der Waals surface area contributed by atoms with E-state index in [9.17, 15) is 0 Å². The molecule has 0 amide bonds. The third kappa shape index (κ3) is 3.25. The molecule has 1 unspecified atom stereocenters. The Kier molecular flexibility index (Phi) is 4.26. The predicted octanol–water partition coefficient (Wildman–Crippen LogP) is 2.48. The van der Waals surface area contributed by atoms with E-state index in [1.807, 2.05) is 0 Å². The van der Waals surface area contributed by atoms with Gasteiger partial charge in [0, 0.05) is 18.7 Å². The quantitative estimate of drug-likeness (QED) is 0.734. The highest BCUT2D eigenvalue weighted by Gasteiger charge is 2.19. The predicted molar refractivity (Wildman–Crippen MR) is 58.5 cm³/mol. The Balaban J connectivity index is 1.70. The summed E-state index contributed by atoms with van der Waals surface area (Å²) in [6.07, 6.45) is 11.2. The maximum absolute atomic E-state index is 5.39. The maximum Gasteiger partial charge on any atom is 0.0620 e. The molecule has 1 N–H and O–H groups in total. The van der Waals surface area contributed by atoms with Crippen LogP contribution in [0.15, 0.2) is 0 Å². The summed E-state index contributed by atoms with van der Waals surface area (Å²) in [4.78, 5) is 0. The van der Waals surface area contributed by atoms with Crippen LogP contribution in [0.2, 0.25) is 0 Å². The molecule has 1 saturated carbocycles. The van der Waals surface area contributed by atoms with Crippen LogP contribution in [0.4, 0.5) is 0 Å². The molecule has 2 rings (SSSR count). The summed E-state index contributed by atoms with van der Waals surface area (Å²) in [6.45, 7) is 1.90. The van der Waals surface area contributed by atoms with E-state index in [4.69, 9.17) is 4.74 Å². The second-order valence-electron chi connectivity index (χ2n) is 4.77. The van der Waals surface area contributed by atoms with Gasteiger partial charge >= 0.3 is 0 Å². The molecular weight excluding hydrogens is 174 g/mol. The first kappa shape index (κ1) is 10.4. The van der Waals surface area contributed by atoms with E-state index < -0.39 is 0 Å². The van der Waals surface area contributed by atoms with Crippen LogP contribution in [0.5, 0.6) is 0 Å². The molecule has 0 aromatic heterocycles. The Morgan fingerprint density at radius 3 is 2.14 bits per heavy atom. The Morgan fingerprint density at radius 1 is 0.786 bits per heavy atom. The van der Waals surface area contributed by atoms with Crippen molar-refractivity contribution in [2.75, 3.05) is 13.2 Å². The maximum atomic E-state index is 5.39. The number of nitrogens with one attached hydrogen (secondary N) is 1. The zero-order valence-corrected chi connectivity index (χ0v) is 9.13. The first-order valence-corrected chi connectivity index (χ1v) is 6.29. The average molecular weight is 197 g/mol. The largest absolute Gasteiger partial charge is 0.380 e. The Bertz CT molecular complexity index is 146. The van der Waals surface area contributed by atoms with Gasteiger partial charge < -0.3 is 10.1 Å². The topological polar surface area (TPSA) is 21.3 Å². The Hall–Kier alpha value is -0.0800. The van der Waals surface area contributed by atoms with Crippen LogP contribution in [-0.4, -0.2) is 25.3 Å². The summed E-state index contributed by atoms with van der Waals surface area (Å²) < 4.78 is 5.39. The fraction of sp³-hybridized carbons (Fsp3) is 1.00. The molecule has 0 aromatic carbocycles. The molecule has 82 valence electrons. The van der Waals surface area contributed by atoms with Gasteiger partial charge in [-0.25, -0.2) is 0 Å². The minimum Gasteiger partial charge on any atom is -0.380 e. The van der Waals surface area contributed by atoms with Crippen LogP contribution in [-0.2, 0) is 4.74 Å². The first-order chi connectivity index (χ1) is 6.95. The molecule has 2 heteroatoms. The number of rotatable bonds is 2. The average Bonchev–Trinajstić information content (AvgIpc) is 2.62. The van der Waals surface area contributed by atoms with E-state index in [0.29, 0.717) is 6.04 Å². The molecule has 1 atom stereocenters. The van der Waals surface area contributed by atoms with Crippen LogP contribution in [0.1, 0.15) is 51.4 Å². The van der Waals surface area contributed by atoms with Gasteiger partial charge in [-0.3, -0.25) is 0 Å². The lowest BCUT2D eigenvalue weighted by Gasteiger charge is -2.24. The summed E-state index contributed by atoms with van der Waals surface area (Å²) in [5, 5.41) is 3.76. The van der Waals surface area contributed by atoms with E-state index in [1.54, 1.807) is 0 Å². The van der Waals surface area contributed by atoms with Crippen LogP contribution in [0, 0.1) is 0 Å². The summed E-state index contributed by atoms with van der Waals surface area (Å²) in [7, 11) is 0. The van der Waals surface area contributed by atoms with Crippen LogP contribution < -0.4 is 5.32 Å². The normalized spacial score (nSPS) is 31.3. The van der Waals surface area contributed by atoms with E-state index >= 15 is 0 Å². The third-order valence-electron chi connectivity index (χ3n) is 3.51. The number of ether oxygens (including phenoxy) is 1. The smallest absolute Gasteiger partial charge is 0.0620 e. The molecule has 2 nitrogen and oxygen atoms in total. The van der Waals surface area contributed by atoms with Crippen LogP contribution in [0.3, 0.4) is 0 Å². The van der Waals surface area contributed by atoms with Crippen molar-refractivity contribution in [3.05, 3.63) is 0 Å². The molecule has 1 aliphatic carbocycles. The molecule has 1 aliphatic heterocycles. The molecule has 1 saturated heterocycles. The molecule has 2 fully saturated rings. The molecule has 1 heterocycles. The van der Waals surface area contributed by atoms with Gasteiger partial charge in [-0.15, -0.1) is 0 Å². The van der Waals surface area contributed by atoms with Crippen LogP contribution >= 0.6 is 0 Å². The number of hydrogen-bond acceptors (Lipinski definition) is 2. The van der Waals surface area contributed by atoms with Gasteiger partial charge in [-0.05, 0) is 19.3 Å². The summed E-state index contributed by atoms with van der Waals surface area (Å²) in [6, 6.07) is 1.43. The zero-order valence-electron chi connectivity index (χ0n) is 9.13. The molecule has 0 aromatic rings. The van der Waals surface area contributed by atoms with Crippen molar-refractivity contribution in [2.45, 2.75) is 63.5 Å². The molecule has 0 bridgehead atoms. The zero-order chi connectivity index (χ0) is 9.64. The van der Waals surface area contributed by atoms with Crippen molar-refractivity contribution < 1.29 is 4.74 Å².